The number of anilines is 1. The van der Waals surface area contributed by atoms with Crippen LogP contribution in [0.2, 0.25) is 0 Å². The number of aromatic nitrogens is 4. The molecular weight excluding hydrogens is 483 g/mol. The molecule has 0 unspecified atom stereocenters. The molecule has 5 N–H and O–H groups in total. The van der Waals surface area contributed by atoms with Gasteiger partial charge in [-0.2, -0.15) is 0 Å². The summed E-state index contributed by atoms with van der Waals surface area (Å²) >= 11 is 0. The van der Waals surface area contributed by atoms with Crippen LogP contribution < -0.4 is 11.5 Å². The first-order valence-electron chi connectivity index (χ1n) is 11.3. The molecule has 0 aliphatic heterocycles. The van der Waals surface area contributed by atoms with Crippen LogP contribution in [0.1, 0.15) is 48.3 Å². The average molecular weight is 507 g/mol. The summed E-state index contributed by atoms with van der Waals surface area (Å²) in [4.78, 5) is 25.3. The highest BCUT2D eigenvalue weighted by atomic mass is 35.5. The molecule has 2 heterocycles. The van der Waals surface area contributed by atoms with Crippen molar-refractivity contribution in [3.05, 3.63) is 65.7 Å². The summed E-state index contributed by atoms with van der Waals surface area (Å²) in [5.41, 5.74) is 12.6. The standard InChI is InChI=1S/C26H23FN6O2.ClH/c27-18-8-4-7-17(14-18)24-32-21-22(28)30-20(10-13-26(35)11-2-1-3-12-26)31-25(21)33(24)19-9-5-6-16(15-19)23(29)34;/h4-9,14-15,35H,1-3,11-12H2,(H2,29,34)(H2,28,30,31);1H. The molecule has 36 heavy (non-hydrogen) atoms. The maximum atomic E-state index is 14.1. The van der Waals surface area contributed by atoms with E-state index < -0.39 is 17.3 Å². The number of aliphatic hydroxyl groups is 1. The van der Waals surface area contributed by atoms with Crippen LogP contribution in [0.15, 0.2) is 48.5 Å². The summed E-state index contributed by atoms with van der Waals surface area (Å²) in [6.07, 6.45) is 4.09. The van der Waals surface area contributed by atoms with E-state index in [0.717, 1.165) is 19.3 Å². The Hall–Kier alpha value is -4.00. The number of hydrogen-bond acceptors (Lipinski definition) is 6. The fourth-order valence-corrected chi connectivity index (χ4v) is 4.33. The molecule has 1 aliphatic carbocycles. The van der Waals surface area contributed by atoms with Gasteiger partial charge < -0.3 is 16.6 Å². The predicted molar refractivity (Wildman–Crippen MR) is 137 cm³/mol. The summed E-state index contributed by atoms with van der Waals surface area (Å²) in [6.45, 7) is 0. The Morgan fingerprint density at radius 3 is 2.53 bits per heavy atom. The second-order valence-electron chi connectivity index (χ2n) is 8.64. The van der Waals surface area contributed by atoms with Crippen LogP contribution in [0.3, 0.4) is 0 Å². The van der Waals surface area contributed by atoms with E-state index in [1.807, 2.05) is 0 Å². The van der Waals surface area contributed by atoms with E-state index in [0.29, 0.717) is 41.1 Å². The van der Waals surface area contributed by atoms with Crippen molar-refractivity contribution in [3.63, 3.8) is 0 Å². The van der Waals surface area contributed by atoms with Crippen molar-refractivity contribution in [2.24, 2.45) is 5.73 Å². The number of halogens is 2. The van der Waals surface area contributed by atoms with Crippen LogP contribution >= 0.6 is 12.4 Å². The molecule has 1 amide bonds. The Labute approximate surface area is 213 Å². The molecular formula is C26H24ClFN6O2. The lowest BCUT2D eigenvalue weighted by Gasteiger charge is -2.26. The predicted octanol–water partition coefficient (Wildman–Crippen LogP) is 3.77. The van der Waals surface area contributed by atoms with Gasteiger partial charge in [-0.1, -0.05) is 30.5 Å². The molecule has 0 saturated heterocycles. The van der Waals surface area contributed by atoms with E-state index in [9.17, 15) is 14.3 Å². The number of nitrogens with two attached hydrogens (primary N) is 2. The number of amides is 1. The SMILES string of the molecule is Cl.NC(=O)c1cccc(-n2c(-c3cccc(F)c3)nc3c(N)nc(C#CC4(O)CCCCC4)nc32)c1. The third kappa shape index (κ3) is 4.87. The summed E-state index contributed by atoms with van der Waals surface area (Å²) in [6, 6.07) is 12.6. The smallest absolute Gasteiger partial charge is 0.248 e. The number of benzene rings is 2. The minimum absolute atomic E-state index is 0. The Bertz CT molecular complexity index is 1520. The Morgan fingerprint density at radius 1 is 1.06 bits per heavy atom. The van der Waals surface area contributed by atoms with Crippen molar-refractivity contribution in [3.8, 4) is 28.9 Å². The molecule has 1 fully saturated rings. The van der Waals surface area contributed by atoms with Crippen molar-refractivity contribution >= 4 is 35.3 Å². The third-order valence-electron chi connectivity index (χ3n) is 6.09. The first kappa shape index (κ1) is 25.1. The monoisotopic (exact) mass is 506 g/mol. The molecule has 10 heteroatoms. The molecule has 4 aromatic rings. The van der Waals surface area contributed by atoms with Gasteiger partial charge in [-0.05, 0) is 61.9 Å². The van der Waals surface area contributed by atoms with Gasteiger partial charge in [-0.3, -0.25) is 9.36 Å². The molecule has 1 saturated carbocycles. The lowest BCUT2D eigenvalue weighted by molar-refractivity contribution is 0.0610. The highest BCUT2D eigenvalue weighted by Crippen LogP contribution is 2.31. The largest absolute Gasteiger partial charge is 0.382 e. The Balaban J connectivity index is 0.00000304. The molecule has 2 aromatic heterocycles. The molecule has 1 aliphatic rings. The zero-order chi connectivity index (χ0) is 24.6. The van der Waals surface area contributed by atoms with Gasteiger partial charge >= 0.3 is 0 Å². The van der Waals surface area contributed by atoms with Crippen LogP contribution in [0, 0.1) is 17.7 Å². The van der Waals surface area contributed by atoms with E-state index in [4.69, 9.17) is 11.5 Å². The number of carbonyl (C=O) groups is 1. The lowest BCUT2D eigenvalue weighted by atomic mass is 9.85. The molecule has 2 aromatic carbocycles. The van der Waals surface area contributed by atoms with Crippen molar-refractivity contribution in [1.82, 2.24) is 19.5 Å². The number of imidazole rings is 1. The van der Waals surface area contributed by atoms with Crippen molar-refractivity contribution in [1.29, 1.82) is 0 Å². The summed E-state index contributed by atoms with van der Waals surface area (Å²) in [5, 5.41) is 10.8. The molecule has 0 atom stereocenters. The quantitative estimate of drug-likeness (QED) is 0.362. The van der Waals surface area contributed by atoms with E-state index in [-0.39, 0.29) is 29.6 Å². The van der Waals surface area contributed by atoms with Crippen LogP contribution in [0.4, 0.5) is 10.2 Å². The van der Waals surface area contributed by atoms with Gasteiger partial charge in [-0.25, -0.2) is 19.3 Å². The van der Waals surface area contributed by atoms with E-state index in [1.54, 1.807) is 41.0 Å². The van der Waals surface area contributed by atoms with Gasteiger partial charge in [0.15, 0.2) is 17.0 Å². The summed E-state index contributed by atoms with van der Waals surface area (Å²) in [7, 11) is 0. The second kappa shape index (κ2) is 9.93. The molecule has 0 radical (unpaired) electrons. The Kier molecular flexibility index (Phi) is 6.93. The second-order valence-corrected chi connectivity index (χ2v) is 8.64. The van der Waals surface area contributed by atoms with Gasteiger partial charge in [-0.15, -0.1) is 12.4 Å². The first-order valence-corrected chi connectivity index (χ1v) is 11.3. The van der Waals surface area contributed by atoms with Crippen molar-refractivity contribution in [2.75, 3.05) is 5.73 Å². The van der Waals surface area contributed by atoms with E-state index >= 15 is 0 Å². The van der Waals surface area contributed by atoms with Gasteiger partial charge in [0.05, 0.1) is 0 Å². The highest BCUT2D eigenvalue weighted by Gasteiger charge is 2.27. The van der Waals surface area contributed by atoms with Gasteiger partial charge in [0.2, 0.25) is 11.7 Å². The van der Waals surface area contributed by atoms with Crippen LogP contribution in [0.5, 0.6) is 0 Å². The summed E-state index contributed by atoms with van der Waals surface area (Å²) < 4.78 is 15.7. The average Bonchev–Trinajstić information content (AvgIpc) is 3.24. The van der Waals surface area contributed by atoms with Gasteiger partial charge in [0.25, 0.3) is 0 Å². The van der Waals surface area contributed by atoms with Crippen LogP contribution in [0.25, 0.3) is 28.2 Å². The van der Waals surface area contributed by atoms with E-state index in [1.165, 1.54) is 12.1 Å². The van der Waals surface area contributed by atoms with Crippen LogP contribution in [-0.4, -0.2) is 36.1 Å². The van der Waals surface area contributed by atoms with Crippen molar-refractivity contribution < 1.29 is 14.3 Å². The first-order chi connectivity index (χ1) is 16.8. The number of carbonyl (C=O) groups excluding carboxylic acids is 1. The number of hydrogen-bond donors (Lipinski definition) is 3. The minimum Gasteiger partial charge on any atom is -0.382 e. The minimum atomic E-state index is -1.08. The molecule has 5 rings (SSSR count). The Morgan fingerprint density at radius 2 is 1.81 bits per heavy atom. The number of nitrogen functional groups attached to an aromatic ring is 1. The van der Waals surface area contributed by atoms with Crippen molar-refractivity contribution in [2.45, 2.75) is 37.7 Å². The topological polar surface area (TPSA) is 133 Å². The highest BCUT2D eigenvalue weighted by molar-refractivity contribution is 5.94. The molecule has 184 valence electrons. The van der Waals surface area contributed by atoms with Gasteiger partial charge in [0, 0.05) is 16.8 Å². The zero-order valence-electron chi connectivity index (χ0n) is 19.2. The third-order valence-corrected chi connectivity index (χ3v) is 6.09. The maximum absolute atomic E-state index is 14.1. The fourth-order valence-electron chi connectivity index (χ4n) is 4.33. The zero-order valence-corrected chi connectivity index (χ0v) is 20.1. The fraction of sp³-hybridized carbons (Fsp3) is 0.231. The lowest BCUT2D eigenvalue weighted by Crippen LogP contribution is -2.29. The summed E-state index contributed by atoms with van der Waals surface area (Å²) in [5.74, 6) is 5.36. The number of nitrogens with zero attached hydrogens (tertiary/aromatic N) is 4. The molecule has 8 nitrogen and oxygen atoms in total. The molecule has 0 spiro atoms. The normalized spacial score (nSPS) is 14.5. The number of rotatable bonds is 3. The number of primary amides is 1. The number of fused-ring (bicyclic) bond motifs is 1. The van der Waals surface area contributed by atoms with Crippen LogP contribution in [-0.2, 0) is 0 Å². The maximum Gasteiger partial charge on any atom is 0.248 e. The molecule has 0 bridgehead atoms. The van der Waals surface area contributed by atoms with Gasteiger partial charge in [0.1, 0.15) is 17.2 Å². The van der Waals surface area contributed by atoms with E-state index in [2.05, 4.69) is 26.8 Å².